The van der Waals surface area contributed by atoms with E-state index in [2.05, 4.69) is 0 Å². The maximum Gasteiger partial charge on any atom is 0.336 e. The molecule has 0 saturated carbocycles. The van der Waals surface area contributed by atoms with Crippen molar-refractivity contribution in [3.63, 3.8) is 0 Å². The van der Waals surface area contributed by atoms with E-state index in [1.807, 2.05) is 11.0 Å². The molecule has 0 spiro atoms. The molecule has 0 atom stereocenters. The van der Waals surface area contributed by atoms with E-state index < -0.39 is 5.97 Å². The lowest BCUT2D eigenvalue weighted by atomic mass is 9.96. The third-order valence-corrected chi connectivity index (χ3v) is 2.95. The number of rotatable bonds is 3. The van der Waals surface area contributed by atoms with Gasteiger partial charge < -0.3 is 15.1 Å². The number of fused-ring (bicyclic) bond motifs is 1. The smallest absolute Gasteiger partial charge is 0.336 e. The molecule has 2 N–H and O–H groups in total. The highest BCUT2D eigenvalue weighted by Gasteiger charge is 2.21. The topological polar surface area (TPSA) is 60.8 Å². The second-order valence-electron chi connectivity index (χ2n) is 3.92. The van der Waals surface area contributed by atoms with Crippen LogP contribution in [0, 0.1) is 0 Å². The van der Waals surface area contributed by atoms with Crippen LogP contribution < -0.4 is 4.90 Å². The monoisotopic (exact) mass is 221 g/mol. The van der Waals surface area contributed by atoms with E-state index in [-0.39, 0.29) is 6.61 Å². The first-order valence-electron chi connectivity index (χ1n) is 5.45. The molecule has 0 fully saturated rings. The molecule has 1 aliphatic heterocycles. The van der Waals surface area contributed by atoms with E-state index in [0.717, 1.165) is 30.6 Å². The van der Waals surface area contributed by atoms with Gasteiger partial charge >= 0.3 is 5.97 Å². The van der Waals surface area contributed by atoms with E-state index in [4.69, 9.17) is 10.2 Å². The fraction of sp³-hybridized carbons (Fsp3) is 0.417. The van der Waals surface area contributed by atoms with Gasteiger partial charge in [0.25, 0.3) is 0 Å². The highest BCUT2D eigenvalue weighted by atomic mass is 16.4. The molecular formula is C12H15NO3. The number of aliphatic hydroxyl groups excluding tert-OH is 1. The lowest BCUT2D eigenvalue weighted by Crippen LogP contribution is -2.32. The van der Waals surface area contributed by atoms with Gasteiger partial charge in [-0.05, 0) is 30.5 Å². The predicted molar refractivity (Wildman–Crippen MR) is 61.0 cm³/mol. The Balaban J connectivity index is 2.42. The molecule has 0 radical (unpaired) electrons. The number of nitrogens with zero attached hydrogens (tertiary/aromatic N) is 1. The number of aliphatic hydroxyl groups is 1. The molecule has 2 rings (SSSR count). The second kappa shape index (κ2) is 4.53. The Kier molecular flexibility index (Phi) is 3.10. The average Bonchev–Trinajstić information content (AvgIpc) is 2.29. The van der Waals surface area contributed by atoms with Crippen LogP contribution >= 0.6 is 0 Å². The molecule has 1 aromatic carbocycles. The summed E-state index contributed by atoms with van der Waals surface area (Å²) < 4.78 is 0. The molecule has 16 heavy (non-hydrogen) atoms. The van der Waals surface area contributed by atoms with Gasteiger partial charge in [-0.2, -0.15) is 0 Å². The molecule has 0 amide bonds. The molecule has 0 bridgehead atoms. The lowest BCUT2D eigenvalue weighted by Gasteiger charge is -2.31. The number of carboxylic acid groups (broad SMARTS) is 1. The van der Waals surface area contributed by atoms with E-state index in [1.165, 1.54) is 0 Å². The fourth-order valence-corrected chi connectivity index (χ4v) is 2.25. The predicted octanol–water partition coefficient (Wildman–Crippen LogP) is 1.13. The number of hydrogen-bond donors (Lipinski definition) is 2. The fourth-order valence-electron chi connectivity index (χ4n) is 2.25. The van der Waals surface area contributed by atoms with Crippen molar-refractivity contribution >= 4 is 11.7 Å². The van der Waals surface area contributed by atoms with Crippen LogP contribution in [0.15, 0.2) is 18.2 Å². The SMILES string of the molecule is O=C(O)c1cccc2c1CCCN2CCO. The van der Waals surface area contributed by atoms with Crippen LogP contribution in [-0.2, 0) is 6.42 Å². The van der Waals surface area contributed by atoms with Crippen LogP contribution in [0.1, 0.15) is 22.3 Å². The van der Waals surface area contributed by atoms with Crippen molar-refractivity contribution in [3.8, 4) is 0 Å². The number of anilines is 1. The van der Waals surface area contributed by atoms with E-state index in [0.29, 0.717) is 12.1 Å². The van der Waals surface area contributed by atoms with Crippen molar-refractivity contribution < 1.29 is 15.0 Å². The van der Waals surface area contributed by atoms with Crippen LogP contribution in [0.2, 0.25) is 0 Å². The summed E-state index contributed by atoms with van der Waals surface area (Å²) in [6, 6.07) is 5.33. The van der Waals surface area contributed by atoms with Gasteiger partial charge in [-0.3, -0.25) is 0 Å². The lowest BCUT2D eigenvalue weighted by molar-refractivity contribution is 0.0695. The summed E-state index contributed by atoms with van der Waals surface area (Å²) in [6.07, 6.45) is 1.75. The van der Waals surface area contributed by atoms with Crippen molar-refractivity contribution in [1.82, 2.24) is 0 Å². The van der Waals surface area contributed by atoms with Crippen molar-refractivity contribution in [2.75, 3.05) is 24.6 Å². The van der Waals surface area contributed by atoms with Crippen molar-refractivity contribution in [1.29, 1.82) is 0 Å². The number of aromatic carboxylic acids is 1. The van der Waals surface area contributed by atoms with Crippen LogP contribution in [0.3, 0.4) is 0 Å². The van der Waals surface area contributed by atoms with Gasteiger partial charge in [0, 0.05) is 18.8 Å². The maximum atomic E-state index is 11.1. The Labute approximate surface area is 94.1 Å². The zero-order valence-electron chi connectivity index (χ0n) is 9.02. The highest BCUT2D eigenvalue weighted by molar-refractivity contribution is 5.91. The van der Waals surface area contributed by atoms with Crippen LogP contribution in [0.25, 0.3) is 0 Å². The Morgan fingerprint density at radius 2 is 2.25 bits per heavy atom. The van der Waals surface area contributed by atoms with Crippen molar-refractivity contribution in [2.24, 2.45) is 0 Å². The molecule has 0 unspecified atom stereocenters. The summed E-state index contributed by atoms with van der Waals surface area (Å²) in [7, 11) is 0. The van der Waals surface area contributed by atoms with Crippen LogP contribution in [0.4, 0.5) is 5.69 Å². The average molecular weight is 221 g/mol. The second-order valence-corrected chi connectivity index (χ2v) is 3.92. The van der Waals surface area contributed by atoms with Crippen LogP contribution in [-0.4, -0.2) is 35.9 Å². The third-order valence-electron chi connectivity index (χ3n) is 2.95. The minimum atomic E-state index is -0.873. The minimum Gasteiger partial charge on any atom is -0.478 e. The highest BCUT2D eigenvalue weighted by Crippen LogP contribution is 2.29. The standard InChI is InChI=1S/C12H15NO3/c14-8-7-13-6-2-4-9-10(12(15)16)3-1-5-11(9)13/h1,3,5,14H,2,4,6-8H2,(H,15,16). The Bertz CT molecular complexity index is 403. The first kappa shape index (κ1) is 11.0. The Hall–Kier alpha value is -1.55. The number of β-amino-alcohol motifs (C(OH)–C–C–N with tert-alkyl or cyclic N) is 1. The molecule has 1 heterocycles. The summed E-state index contributed by atoms with van der Waals surface area (Å²) >= 11 is 0. The number of hydrogen-bond acceptors (Lipinski definition) is 3. The summed E-state index contributed by atoms with van der Waals surface area (Å²) in [4.78, 5) is 13.1. The van der Waals surface area contributed by atoms with Gasteiger partial charge in [0.05, 0.1) is 12.2 Å². The summed E-state index contributed by atoms with van der Waals surface area (Å²) in [5.74, 6) is -0.873. The largest absolute Gasteiger partial charge is 0.478 e. The van der Waals surface area contributed by atoms with Gasteiger partial charge in [-0.25, -0.2) is 4.79 Å². The molecule has 1 aromatic rings. The number of carboxylic acids is 1. The van der Waals surface area contributed by atoms with Gasteiger partial charge in [0.2, 0.25) is 0 Å². The van der Waals surface area contributed by atoms with Gasteiger partial charge in [0.15, 0.2) is 0 Å². The van der Waals surface area contributed by atoms with E-state index >= 15 is 0 Å². The number of carbonyl (C=O) groups is 1. The zero-order valence-corrected chi connectivity index (χ0v) is 9.02. The van der Waals surface area contributed by atoms with Crippen molar-refractivity contribution in [3.05, 3.63) is 29.3 Å². The normalized spacial score (nSPS) is 14.7. The summed E-state index contributed by atoms with van der Waals surface area (Å²) in [6.45, 7) is 1.55. The molecular weight excluding hydrogens is 206 g/mol. The third kappa shape index (κ3) is 1.88. The van der Waals surface area contributed by atoms with Gasteiger partial charge in [-0.1, -0.05) is 6.07 Å². The molecule has 86 valence electrons. The van der Waals surface area contributed by atoms with E-state index in [1.54, 1.807) is 12.1 Å². The molecule has 0 aliphatic carbocycles. The molecule has 0 saturated heterocycles. The summed E-state index contributed by atoms with van der Waals surface area (Å²) in [5.41, 5.74) is 2.25. The minimum absolute atomic E-state index is 0.0940. The van der Waals surface area contributed by atoms with Gasteiger partial charge in [-0.15, -0.1) is 0 Å². The Morgan fingerprint density at radius 3 is 2.94 bits per heavy atom. The van der Waals surface area contributed by atoms with E-state index in [9.17, 15) is 4.79 Å². The first-order valence-corrected chi connectivity index (χ1v) is 5.45. The van der Waals surface area contributed by atoms with Gasteiger partial charge in [0.1, 0.15) is 0 Å². The summed E-state index contributed by atoms with van der Waals surface area (Å²) in [5, 5.41) is 18.1. The molecule has 4 nitrogen and oxygen atoms in total. The quantitative estimate of drug-likeness (QED) is 0.803. The number of benzene rings is 1. The maximum absolute atomic E-state index is 11.1. The Morgan fingerprint density at radius 1 is 1.44 bits per heavy atom. The van der Waals surface area contributed by atoms with Crippen molar-refractivity contribution in [2.45, 2.75) is 12.8 Å². The van der Waals surface area contributed by atoms with Crippen LogP contribution in [0.5, 0.6) is 0 Å². The zero-order chi connectivity index (χ0) is 11.5. The first-order chi connectivity index (χ1) is 7.74. The molecule has 4 heteroatoms. The molecule has 1 aliphatic rings. The molecule has 0 aromatic heterocycles.